The van der Waals surface area contributed by atoms with Crippen molar-refractivity contribution in [3.05, 3.63) is 35.9 Å². The summed E-state index contributed by atoms with van der Waals surface area (Å²) in [6.45, 7) is 3.87. The van der Waals surface area contributed by atoms with Crippen LogP contribution >= 0.6 is 0 Å². The number of piperidine rings is 1. The number of Topliss-reactive ketones (excluding diaryl/α,β-unsaturated/α-hetero) is 1. The Hall–Kier alpha value is -1.19. The summed E-state index contributed by atoms with van der Waals surface area (Å²) in [5.74, 6) is 0.623. The fourth-order valence-electron chi connectivity index (χ4n) is 2.80. The lowest BCUT2D eigenvalue weighted by atomic mass is 9.86. The van der Waals surface area contributed by atoms with E-state index in [1.54, 1.807) is 0 Å². The summed E-state index contributed by atoms with van der Waals surface area (Å²) in [4.78, 5) is 14.3. The molecule has 3 nitrogen and oxygen atoms in total. The normalized spacial score (nSPS) is 29.3. The minimum Gasteiger partial charge on any atom is -0.380 e. The molecule has 2 saturated heterocycles. The fraction of sp³-hybridized carbons (Fsp3) is 0.500. The zero-order valence-electron chi connectivity index (χ0n) is 9.84. The zero-order chi connectivity index (χ0) is 11.7. The molecule has 0 radical (unpaired) electrons. The molecule has 90 valence electrons. The standard InChI is InChI=1S/C14H17NO2/c16-14-12-7-15(8-13(14)10-17-9-12)6-11-4-2-1-3-5-11/h1-5,12-13H,6-10H2/t12-,13-/m1/s1. The topological polar surface area (TPSA) is 29.5 Å². The number of carbonyl (C=O) groups excluding carboxylic acids is 1. The molecule has 2 aliphatic rings. The Morgan fingerprint density at radius 2 is 1.76 bits per heavy atom. The maximum atomic E-state index is 11.9. The Bertz CT molecular complexity index is 388. The van der Waals surface area contributed by atoms with Gasteiger partial charge in [0, 0.05) is 19.6 Å². The van der Waals surface area contributed by atoms with E-state index in [1.165, 1.54) is 5.56 Å². The molecule has 0 unspecified atom stereocenters. The van der Waals surface area contributed by atoms with Crippen molar-refractivity contribution in [2.24, 2.45) is 11.8 Å². The third-order valence-corrected chi connectivity index (χ3v) is 3.65. The highest BCUT2D eigenvalue weighted by molar-refractivity contribution is 5.85. The van der Waals surface area contributed by atoms with E-state index in [4.69, 9.17) is 4.74 Å². The van der Waals surface area contributed by atoms with Gasteiger partial charge in [0.25, 0.3) is 0 Å². The minimum atomic E-state index is 0.103. The highest BCUT2D eigenvalue weighted by Crippen LogP contribution is 2.24. The van der Waals surface area contributed by atoms with Crippen molar-refractivity contribution in [2.45, 2.75) is 6.54 Å². The van der Waals surface area contributed by atoms with Gasteiger partial charge in [0.05, 0.1) is 25.0 Å². The molecule has 2 fully saturated rings. The molecule has 0 saturated carbocycles. The number of ether oxygens (including phenoxy) is 1. The Morgan fingerprint density at radius 1 is 1.12 bits per heavy atom. The average Bonchev–Trinajstić information content (AvgIpc) is 2.32. The second kappa shape index (κ2) is 4.59. The molecule has 17 heavy (non-hydrogen) atoms. The molecular weight excluding hydrogens is 214 g/mol. The van der Waals surface area contributed by atoms with Gasteiger partial charge < -0.3 is 4.74 Å². The van der Waals surface area contributed by atoms with Crippen molar-refractivity contribution >= 4 is 5.78 Å². The Kier molecular flexibility index (Phi) is 2.95. The highest BCUT2D eigenvalue weighted by Gasteiger charge is 2.38. The van der Waals surface area contributed by atoms with Gasteiger partial charge >= 0.3 is 0 Å². The van der Waals surface area contributed by atoms with Gasteiger partial charge in [-0.2, -0.15) is 0 Å². The van der Waals surface area contributed by atoms with Crippen LogP contribution in [0, 0.1) is 11.8 Å². The maximum Gasteiger partial charge on any atom is 0.146 e. The first-order chi connectivity index (χ1) is 8.33. The van der Waals surface area contributed by atoms with Crippen molar-refractivity contribution in [3.8, 4) is 0 Å². The number of carbonyl (C=O) groups is 1. The van der Waals surface area contributed by atoms with E-state index in [1.807, 2.05) is 6.07 Å². The summed E-state index contributed by atoms with van der Waals surface area (Å²) < 4.78 is 5.46. The van der Waals surface area contributed by atoms with E-state index >= 15 is 0 Å². The number of rotatable bonds is 2. The van der Waals surface area contributed by atoms with Crippen LogP contribution in [0.4, 0.5) is 0 Å². The van der Waals surface area contributed by atoms with Crippen LogP contribution in [0.25, 0.3) is 0 Å². The van der Waals surface area contributed by atoms with Gasteiger partial charge in [-0.25, -0.2) is 0 Å². The van der Waals surface area contributed by atoms with Gasteiger partial charge in [-0.05, 0) is 5.56 Å². The van der Waals surface area contributed by atoms with Crippen LogP contribution in [0.3, 0.4) is 0 Å². The first-order valence-electron chi connectivity index (χ1n) is 6.20. The summed E-state index contributed by atoms with van der Waals surface area (Å²) in [5.41, 5.74) is 1.32. The number of nitrogens with zero attached hydrogens (tertiary/aromatic N) is 1. The molecule has 0 N–H and O–H groups in total. The Morgan fingerprint density at radius 3 is 2.41 bits per heavy atom. The second-order valence-corrected chi connectivity index (χ2v) is 5.01. The summed E-state index contributed by atoms with van der Waals surface area (Å²) in [6.07, 6.45) is 0. The minimum absolute atomic E-state index is 0.103. The van der Waals surface area contributed by atoms with Crippen molar-refractivity contribution < 1.29 is 9.53 Å². The SMILES string of the molecule is O=C1[C@H]2COC[C@H]1CN(Cc1ccccc1)C2. The van der Waals surface area contributed by atoms with Crippen LogP contribution in [-0.2, 0) is 16.1 Å². The van der Waals surface area contributed by atoms with E-state index in [9.17, 15) is 4.79 Å². The monoisotopic (exact) mass is 231 g/mol. The van der Waals surface area contributed by atoms with E-state index in [-0.39, 0.29) is 11.8 Å². The van der Waals surface area contributed by atoms with Gasteiger partial charge in [-0.1, -0.05) is 30.3 Å². The predicted octanol–water partition coefficient (Wildman–Crippen LogP) is 1.33. The number of fused-ring (bicyclic) bond motifs is 2. The Balaban J connectivity index is 1.68. The Labute approximate surface area is 101 Å². The molecule has 0 aliphatic carbocycles. The van der Waals surface area contributed by atoms with Gasteiger partial charge in [0.15, 0.2) is 0 Å². The van der Waals surface area contributed by atoms with Gasteiger partial charge in [-0.3, -0.25) is 9.69 Å². The van der Waals surface area contributed by atoms with E-state index in [2.05, 4.69) is 29.2 Å². The third kappa shape index (κ3) is 2.26. The number of ketones is 1. The lowest BCUT2D eigenvalue weighted by Gasteiger charge is -2.39. The molecule has 1 aromatic carbocycles. The van der Waals surface area contributed by atoms with Crippen molar-refractivity contribution in [1.82, 2.24) is 4.90 Å². The molecule has 0 amide bonds. The zero-order valence-corrected chi connectivity index (χ0v) is 9.84. The molecule has 0 spiro atoms. The molecule has 3 rings (SSSR count). The summed E-state index contributed by atoms with van der Waals surface area (Å²) >= 11 is 0. The van der Waals surface area contributed by atoms with E-state index in [0.29, 0.717) is 19.0 Å². The van der Waals surface area contributed by atoms with E-state index < -0.39 is 0 Å². The molecule has 2 bridgehead atoms. The van der Waals surface area contributed by atoms with E-state index in [0.717, 1.165) is 19.6 Å². The second-order valence-electron chi connectivity index (χ2n) is 5.01. The number of hydrogen-bond donors (Lipinski definition) is 0. The van der Waals surface area contributed by atoms with Crippen molar-refractivity contribution in [1.29, 1.82) is 0 Å². The molecule has 2 heterocycles. The molecule has 3 heteroatoms. The number of benzene rings is 1. The van der Waals surface area contributed by atoms with Crippen LogP contribution in [0.2, 0.25) is 0 Å². The lowest BCUT2D eigenvalue weighted by molar-refractivity contribution is -0.145. The molecule has 1 aromatic rings. The van der Waals surface area contributed by atoms with Crippen LogP contribution in [0.1, 0.15) is 5.56 Å². The third-order valence-electron chi connectivity index (χ3n) is 3.65. The largest absolute Gasteiger partial charge is 0.380 e. The maximum absolute atomic E-state index is 11.9. The number of hydrogen-bond acceptors (Lipinski definition) is 3. The van der Waals surface area contributed by atoms with Crippen LogP contribution < -0.4 is 0 Å². The van der Waals surface area contributed by atoms with Gasteiger partial charge in [0.1, 0.15) is 5.78 Å². The fourth-order valence-corrected chi connectivity index (χ4v) is 2.80. The predicted molar refractivity (Wildman–Crippen MR) is 64.5 cm³/mol. The lowest BCUT2D eigenvalue weighted by Crippen LogP contribution is -2.52. The quantitative estimate of drug-likeness (QED) is 0.769. The molecule has 2 atom stereocenters. The number of likely N-dealkylation sites (tertiary alicyclic amines) is 1. The van der Waals surface area contributed by atoms with Crippen LogP contribution in [0.5, 0.6) is 0 Å². The molecular formula is C14H17NO2. The first kappa shape index (κ1) is 10.9. The first-order valence-corrected chi connectivity index (χ1v) is 6.20. The highest BCUT2D eigenvalue weighted by atomic mass is 16.5. The average molecular weight is 231 g/mol. The molecule has 2 aliphatic heterocycles. The van der Waals surface area contributed by atoms with Gasteiger partial charge in [0.2, 0.25) is 0 Å². The summed E-state index contributed by atoms with van der Waals surface area (Å²) in [5, 5.41) is 0. The summed E-state index contributed by atoms with van der Waals surface area (Å²) in [7, 11) is 0. The smallest absolute Gasteiger partial charge is 0.146 e. The van der Waals surface area contributed by atoms with Crippen LogP contribution in [0.15, 0.2) is 30.3 Å². The summed E-state index contributed by atoms with van der Waals surface area (Å²) in [6, 6.07) is 10.4. The van der Waals surface area contributed by atoms with Crippen molar-refractivity contribution in [3.63, 3.8) is 0 Å². The van der Waals surface area contributed by atoms with Gasteiger partial charge in [-0.15, -0.1) is 0 Å². The van der Waals surface area contributed by atoms with Crippen LogP contribution in [-0.4, -0.2) is 37.0 Å². The molecule has 0 aromatic heterocycles. The van der Waals surface area contributed by atoms with Crippen molar-refractivity contribution in [2.75, 3.05) is 26.3 Å².